The maximum atomic E-state index is 9.22. The van der Waals surface area contributed by atoms with Gasteiger partial charge >= 0.3 is 0 Å². The van der Waals surface area contributed by atoms with Crippen LogP contribution in [-0.2, 0) is 19.4 Å². The van der Waals surface area contributed by atoms with Gasteiger partial charge in [0.2, 0.25) is 10.4 Å². The summed E-state index contributed by atoms with van der Waals surface area (Å²) < 4.78 is 31.0. The summed E-state index contributed by atoms with van der Waals surface area (Å²) in [5.41, 5.74) is 0. The predicted molar refractivity (Wildman–Crippen MR) is 40.8 cm³/mol. The minimum absolute atomic E-state index is 0. The minimum atomic E-state index is -4.41. The van der Waals surface area contributed by atoms with Crippen LogP contribution < -0.4 is 5.11 Å². The van der Waals surface area contributed by atoms with Gasteiger partial charge in [0.05, 0.1) is 7.11 Å². The summed E-state index contributed by atoms with van der Waals surface area (Å²) in [4.78, 5) is 8.89. The standard InChI is InChI=1S/C2H4O2.CH4O4S.2CH4/c1-2(3)4;1-5-6(2,3)4;;/h1H3,(H,3,4);1H3,(H,2,3,4);2*1H4/p-2. The van der Waals surface area contributed by atoms with Crippen LogP contribution in [0.4, 0.5) is 0 Å². The Hall–Kier alpha value is -0.660. The van der Waals surface area contributed by atoms with Gasteiger partial charge in [0.1, 0.15) is 0 Å². The fourth-order valence-corrected chi connectivity index (χ4v) is 0. The van der Waals surface area contributed by atoms with Gasteiger partial charge < -0.3 is 14.5 Å². The number of carbonyl (C=O) groups excluding carboxylic acids is 1. The van der Waals surface area contributed by atoms with Crippen LogP contribution in [0.3, 0.4) is 0 Å². The molecule has 0 fully saturated rings. The van der Waals surface area contributed by atoms with Crippen molar-refractivity contribution in [3.05, 3.63) is 0 Å². The van der Waals surface area contributed by atoms with Gasteiger partial charge in [0, 0.05) is 5.97 Å². The molecule has 0 N–H and O–H groups in total. The lowest BCUT2D eigenvalue weighted by molar-refractivity contribution is -0.302. The van der Waals surface area contributed by atoms with Crippen molar-refractivity contribution in [1.29, 1.82) is 0 Å². The molecule has 0 radical (unpaired) electrons. The van der Waals surface area contributed by atoms with Crippen molar-refractivity contribution in [3.8, 4) is 0 Å². The van der Waals surface area contributed by atoms with Crippen LogP contribution in [0, 0.1) is 0 Å². The summed E-state index contributed by atoms with van der Waals surface area (Å²) in [5.74, 6) is -1.08. The average Bonchev–Trinajstić information content (AvgIpc) is 1.63. The molecule has 0 saturated heterocycles. The van der Waals surface area contributed by atoms with Crippen LogP contribution in [0.2, 0.25) is 0 Å². The Morgan fingerprint density at radius 3 is 1.42 bits per heavy atom. The summed E-state index contributed by atoms with van der Waals surface area (Å²) in [6.45, 7) is 0.972. The number of hydrogen-bond acceptors (Lipinski definition) is 6. The van der Waals surface area contributed by atoms with Crippen molar-refractivity contribution in [2.45, 2.75) is 21.8 Å². The Morgan fingerprint density at radius 2 is 1.42 bits per heavy atom. The maximum absolute atomic E-state index is 9.22. The molecule has 0 heterocycles. The van der Waals surface area contributed by atoms with E-state index in [0.29, 0.717) is 0 Å². The molecule has 12 heavy (non-hydrogen) atoms. The summed E-state index contributed by atoms with van der Waals surface area (Å²) in [6.07, 6.45) is 0. The molecule has 78 valence electrons. The molecule has 0 aliphatic rings. The summed E-state index contributed by atoms with van der Waals surface area (Å²) in [7, 11) is -3.60. The van der Waals surface area contributed by atoms with E-state index in [-0.39, 0.29) is 14.9 Å². The maximum Gasteiger partial charge on any atom is 0.217 e. The molecular weight excluding hydrogens is 188 g/mol. The fourth-order valence-electron chi connectivity index (χ4n) is 0. The van der Waals surface area contributed by atoms with Gasteiger partial charge in [-0.3, -0.25) is 4.18 Å². The van der Waals surface area contributed by atoms with E-state index in [1.54, 1.807) is 0 Å². The van der Waals surface area contributed by atoms with E-state index in [1.165, 1.54) is 0 Å². The van der Waals surface area contributed by atoms with Crippen molar-refractivity contribution in [3.63, 3.8) is 0 Å². The van der Waals surface area contributed by atoms with Crippen LogP contribution in [0.1, 0.15) is 21.8 Å². The van der Waals surface area contributed by atoms with E-state index in [4.69, 9.17) is 9.90 Å². The Labute approximate surface area is 73.1 Å². The molecule has 0 aromatic rings. The second kappa shape index (κ2) is 10.3. The van der Waals surface area contributed by atoms with E-state index in [0.717, 1.165) is 14.0 Å². The number of carbonyl (C=O) groups is 1. The number of carboxylic acid groups (broad SMARTS) is 1. The molecule has 0 rings (SSSR count). The van der Waals surface area contributed by atoms with E-state index in [1.807, 2.05) is 0 Å². The SMILES string of the molecule is C.C.CC(=O)[O-].COS(=O)(=O)[O-]. The third-order valence-corrected chi connectivity index (χ3v) is 0.612. The van der Waals surface area contributed by atoms with Gasteiger partial charge in [0.25, 0.3) is 0 Å². The molecule has 0 amide bonds. The van der Waals surface area contributed by atoms with Crippen molar-refractivity contribution in [2.75, 3.05) is 7.11 Å². The van der Waals surface area contributed by atoms with Gasteiger partial charge in [-0.15, -0.1) is 0 Å². The lowest BCUT2D eigenvalue weighted by Crippen LogP contribution is -2.16. The first kappa shape index (κ1) is 22.5. The molecule has 0 aliphatic heterocycles. The van der Waals surface area contributed by atoms with Crippen LogP contribution in [0.15, 0.2) is 0 Å². The normalized spacial score (nSPS) is 7.92. The molecule has 0 aliphatic carbocycles. The lowest BCUT2D eigenvalue weighted by atomic mass is 10.9. The Morgan fingerprint density at radius 1 is 1.33 bits per heavy atom. The van der Waals surface area contributed by atoms with Crippen LogP contribution in [-0.4, -0.2) is 26.0 Å². The summed E-state index contributed by atoms with van der Waals surface area (Å²) in [6, 6.07) is 0. The second-order valence-electron chi connectivity index (χ2n) is 1.07. The van der Waals surface area contributed by atoms with Gasteiger partial charge in [-0.25, -0.2) is 8.42 Å². The molecule has 0 bridgehead atoms. The fraction of sp³-hybridized carbons (Fsp3) is 0.800. The van der Waals surface area contributed by atoms with E-state index >= 15 is 0 Å². The average molecular weight is 202 g/mol. The highest BCUT2D eigenvalue weighted by Crippen LogP contribution is 1.74. The van der Waals surface area contributed by atoms with E-state index in [2.05, 4.69) is 4.18 Å². The van der Waals surface area contributed by atoms with Crippen LogP contribution >= 0.6 is 0 Å². The first-order valence-electron chi connectivity index (χ1n) is 1.98. The largest absolute Gasteiger partial charge is 0.726 e. The molecule has 0 aromatic carbocycles. The van der Waals surface area contributed by atoms with Crippen molar-refractivity contribution in [2.24, 2.45) is 0 Å². The highest BCUT2D eigenvalue weighted by atomic mass is 32.3. The van der Waals surface area contributed by atoms with Crippen molar-refractivity contribution >= 4 is 16.4 Å². The Kier molecular flexibility index (Phi) is 19.4. The summed E-state index contributed by atoms with van der Waals surface area (Å²) >= 11 is 0. The third-order valence-electron chi connectivity index (χ3n) is 0.204. The molecule has 0 atom stereocenters. The van der Waals surface area contributed by atoms with Gasteiger partial charge in [-0.1, -0.05) is 14.9 Å². The molecule has 0 saturated carbocycles. The number of rotatable bonds is 1. The molecule has 6 nitrogen and oxygen atoms in total. The van der Waals surface area contributed by atoms with Gasteiger partial charge in [-0.05, 0) is 6.92 Å². The molecule has 0 spiro atoms. The highest BCUT2D eigenvalue weighted by Gasteiger charge is 1.79. The topological polar surface area (TPSA) is 107 Å². The van der Waals surface area contributed by atoms with Crippen LogP contribution in [0.5, 0.6) is 0 Å². The van der Waals surface area contributed by atoms with E-state index < -0.39 is 16.4 Å². The van der Waals surface area contributed by atoms with E-state index in [9.17, 15) is 13.0 Å². The quantitative estimate of drug-likeness (QED) is 0.403. The number of hydrogen-bond donors (Lipinski definition) is 0. The molecule has 7 heteroatoms. The zero-order valence-corrected chi connectivity index (χ0v) is 6.17. The zero-order chi connectivity index (χ0) is 8.78. The Balaban J connectivity index is -0.0000000483. The molecule has 0 aromatic heterocycles. The third kappa shape index (κ3) is 119. The monoisotopic (exact) mass is 202 g/mol. The highest BCUT2D eigenvalue weighted by molar-refractivity contribution is 7.80. The Bertz CT molecular complexity index is 178. The predicted octanol–water partition coefficient (Wildman–Crippen LogP) is -0.879. The lowest BCUT2D eigenvalue weighted by Gasteiger charge is -1.98. The minimum Gasteiger partial charge on any atom is -0.726 e. The van der Waals surface area contributed by atoms with Gasteiger partial charge in [-0.2, -0.15) is 0 Å². The molecular formula is C5H14O6S-2. The first-order chi connectivity index (χ1) is 4.29. The number of carboxylic acids is 1. The van der Waals surface area contributed by atoms with Crippen molar-refractivity contribution < 1.29 is 27.1 Å². The number of aliphatic carboxylic acids is 1. The smallest absolute Gasteiger partial charge is 0.217 e. The zero-order valence-electron chi connectivity index (χ0n) is 5.36. The molecule has 0 unspecified atom stereocenters. The summed E-state index contributed by atoms with van der Waals surface area (Å²) in [5, 5.41) is 8.89. The first-order valence-corrected chi connectivity index (χ1v) is 3.32. The van der Waals surface area contributed by atoms with Crippen LogP contribution in [0.25, 0.3) is 0 Å². The van der Waals surface area contributed by atoms with Gasteiger partial charge in [0.15, 0.2) is 0 Å². The van der Waals surface area contributed by atoms with Crippen molar-refractivity contribution in [1.82, 2.24) is 0 Å². The second-order valence-corrected chi connectivity index (χ2v) is 2.22.